The van der Waals surface area contributed by atoms with E-state index in [0.717, 1.165) is 51.5 Å². The molecule has 0 bridgehead atoms. The second kappa shape index (κ2) is 14.4. The van der Waals surface area contributed by atoms with Gasteiger partial charge in [-0.2, -0.15) is 0 Å². The average Bonchev–Trinajstić information content (AvgIpc) is 3.12. The van der Waals surface area contributed by atoms with Crippen molar-refractivity contribution in [3.63, 3.8) is 0 Å². The van der Waals surface area contributed by atoms with E-state index in [0.29, 0.717) is 25.2 Å². The van der Waals surface area contributed by atoms with E-state index in [1.165, 1.54) is 19.3 Å². The SMILES string of the molecule is CCNC(=NCC(=O)NC1CCCCC1)N1CCC(COCCOC)C1.I. The molecule has 2 aliphatic rings. The summed E-state index contributed by atoms with van der Waals surface area (Å²) in [6.45, 7) is 6.95. The molecule has 1 amide bonds. The van der Waals surface area contributed by atoms with Crippen LogP contribution in [0.1, 0.15) is 45.4 Å². The molecule has 1 saturated heterocycles. The van der Waals surface area contributed by atoms with Gasteiger partial charge in [-0.1, -0.05) is 19.3 Å². The molecule has 2 fully saturated rings. The summed E-state index contributed by atoms with van der Waals surface area (Å²) in [6, 6.07) is 0.342. The van der Waals surface area contributed by atoms with Gasteiger partial charge in [0, 0.05) is 38.7 Å². The third-order valence-corrected chi connectivity index (χ3v) is 5.05. The number of carbonyl (C=O) groups is 1. The van der Waals surface area contributed by atoms with Gasteiger partial charge in [0.05, 0.1) is 19.8 Å². The molecule has 1 unspecified atom stereocenters. The van der Waals surface area contributed by atoms with Crippen molar-refractivity contribution in [3.05, 3.63) is 0 Å². The third-order valence-electron chi connectivity index (χ3n) is 5.05. The first-order chi connectivity index (χ1) is 12.7. The lowest BCUT2D eigenvalue weighted by atomic mass is 9.95. The van der Waals surface area contributed by atoms with Crippen molar-refractivity contribution < 1.29 is 14.3 Å². The van der Waals surface area contributed by atoms with Gasteiger partial charge in [0.1, 0.15) is 6.54 Å². The minimum atomic E-state index is 0. The summed E-state index contributed by atoms with van der Waals surface area (Å²) in [4.78, 5) is 19.0. The van der Waals surface area contributed by atoms with Gasteiger partial charge >= 0.3 is 0 Å². The molecule has 8 heteroatoms. The molecular formula is C19H37IN4O3. The minimum Gasteiger partial charge on any atom is -0.382 e. The summed E-state index contributed by atoms with van der Waals surface area (Å²) in [7, 11) is 1.68. The summed E-state index contributed by atoms with van der Waals surface area (Å²) in [5.41, 5.74) is 0. The fourth-order valence-electron chi connectivity index (χ4n) is 3.65. The molecule has 1 saturated carbocycles. The molecule has 1 aliphatic heterocycles. The Kier molecular flexibility index (Phi) is 13.0. The van der Waals surface area contributed by atoms with Crippen LogP contribution in [0.15, 0.2) is 4.99 Å². The van der Waals surface area contributed by atoms with Crippen molar-refractivity contribution in [1.29, 1.82) is 0 Å². The molecule has 0 aromatic rings. The highest BCUT2D eigenvalue weighted by Gasteiger charge is 2.25. The van der Waals surface area contributed by atoms with Crippen molar-refractivity contribution in [1.82, 2.24) is 15.5 Å². The van der Waals surface area contributed by atoms with Crippen LogP contribution in [-0.4, -0.2) is 75.9 Å². The Balaban J connectivity index is 0.00000364. The maximum Gasteiger partial charge on any atom is 0.242 e. The highest BCUT2D eigenvalue weighted by atomic mass is 127. The lowest BCUT2D eigenvalue weighted by Crippen LogP contribution is -2.42. The number of guanidine groups is 1. The fraction of sp³-hybridized carbons (Fsp3) is 0.895. The smallest absolute Gasteiger partial charge is 0.242 e. The summed E-state index contributed by atoms with van der Waals surface area (Å²) in [5, 5.41) is 6.45. The van der Waals surface area contributed by atoms with Crippen LogP contribution in [0.5, 0.6) is 0 Å². The normalized spacial score (nSPS) is 21.0. The molecule has 0 aromatic carbocycles. The number of halogens is 1. The number of hydrogen-bond acceptors (Lipinski definition) is 4. The van der Waals surface area contributed by atoms with Gasteiger partial charge in [0.2, 0.25) is 5.91 Å². The quantitative estimate of drug-likeness (QED) is 0.221. The molecule has 27 heavy (non-hydrogen) atoms. The molecule has 0 aromatic heterocycles. The van der Waals surface area contributed by atoms with E-state index in [2.05, 4.69) is 27.4 Å². The van der Waals surface area contributed by atoms with Gasteiger partial charge in [-0.05, 0) is 26.2 Å². The van der Waals surface area contributed by atoms with E-state index in [4.69, 9.17) is 9.47 Å². The summed E-state index contributed by atoms with van der Waals surface area (Å²) in [5.74, 6) is 1.38. The Labute approximate surface area is 181 Å². The van der Waals surface area contributed by atoms with Crippen LogP contribution in [-0.2, 0) is 14.3 Å². The molecule has 1 aliphatic carbocycles. The molecule has 0 spiro atoms. The second-order valence-electron chi connectivity index (χ2n) is 7.24. The van der Waals surface area contributed by atoms with E-state index in [9.17, 15) is 4.79 Å². The highest BCUT2D eigenvalue weighted by Crippen LogP contribution is 2.18. The maximum absolute atomic E-state index is 12.2. The average molecular weight is 496 g/mol. The van der Waals surface area contributed by atoms with Crippen LogP contribution < -0.4 is 10.6 Å². The van der Waals surface area contributed by atoms with Crippen LogP contribution in [0, 0.1) is 5.92 Å². The Hall–Kier alpha value is -0.610. The number of nitrogens with one attached hydrogen (secondary N) is 2. The van der Waals surface area contributed by atoms with Crippen LogP contribution in [0.4, 0.5) is 0 Å². The molecule has 1 heterocycles. The zero-order valence-electron chi connectivity index (χ0n) is 16.9. The highest BCUT2D eigenvalue weighted by molar-refractivity contribution is 14.0. The van der Waals surface area contributed by atoms with Crippen LogP contribution in [0.25, 0.3) is 0 Å². The second-order valence-corrected chi connectivity index (χ2v) is 7.24. The molecular weight excluding hydrogens is 459 g/mol. The predicted octanol–water partition coefficient (Wildman–Crippen LogP) is 2.00. The molecule has 158 valence electrons. The Morgan fingerprint density at radius 1 is 1.19 bits per heavy atom. The van der Waals surface area contributed by atoms with Crippen molar-refractivity contribution in [3.8, 4) is 0 Å². The zero-order valence-corrected chi connectivity index (χ0v) is 19.2. The number of nitrogens with zero attached hydrogens (tertiary/aromatic N) is 2. The number of amides is 1. The zero-order chi connectivity index (χ0) is 18.6. The predicted molar refractivity (Wildman–Crippen MR) is 119 cm³/mol. The topological polar surface area (TPSA) is 75.2 Å². The molecule has 2 rings (SSSR count). The van der Waals surface area contributed by atoms with Crippen molar-refractivity contribution in [2.45, 2.75) is 51.5 Å². The largest absolute Gasteiger partial charge is 0.382 e. The number of methoxy groups -OCH3 is 1. The number of aliphatic imine (C=N–C) groups is 1. The van der Waals surface area contributed by atoms with Gasteiger partial charge in [-0.3, -0.25) is 4.79 Å². The fourth-order valence-corrected chi connectivity index (χ4v) is 3.65. The monoisotopic (exact) mass is 496 g/mol. The Bertz CT molecular complexity index is 445. The van der Waals surface area contributed by atoms with Crippen LogP contribution in [0.2, 0.25) is 0 Å². The lowest BCUT2D eigenvalue weighted by Gasteiger charge is -2.23. The van der Waals surface area contributed by atoms with E-state index < -0.39 is 0 Å². The lowest BCUT2D eigenvalue weighted by molar-refractivity contribution is -0.120. The molecule has 0 radical (unpaired) electrons. The summed E-state index contributed by atoms with van der Waals surface area (Å²) < 4.78 is 10.7. The van der Waals surface area contributed by atoms with Crippen molar-refractivity contribution >= 4 is 35.8 Å². The first-order valence-corrected chi connectivity index (χ1v) is 10.1. The van der Waals surface area contributed by atoms with Crippen molar-refractivity contribution in [2.75, 3.05) is 53.1 Å². The van der Waals surface area contributed by atoms with Gasteiger partial charge in [-0.25, -0.2) is 4.99 Å². The minimum absolute atomic E-state index is 0. The van der Waals surface area contributed by atoms with Crippen LogP contribution >= 0.6 is 24.0 Å². The first-order valence-electron chi connectivity index (χ1n) is 10.1. The van der Waals surface area contributed by atoms with Gasteiger partial charge in [0.15, 0.2) is 5.96 Å². The Morgan fingerprint density at radius 2 is 1.96 bits per heavy atom. The number of hydrogen-bond donors (Lipinski definition) is 2. The maximum atomic E-state index is 12.2. The third kappa shape index (κ3) is 9.43. The standard InChI is InChI=1S/C19H36N4O3.HI/c1-3-20-19(21-13-18(24)22-17-7-5-4-6-8-17)23-10-9-16(14-23)15-26-12-11-25-2;/h16-17H,3-15H2,1-2H3,(H,20,21)(H,22,24);1H. The number of likely N-dealkylation sites (tertiary alicyclic amines) is 1. The van der Waals surface area contributed by atoms with Crippen LogP contribution in [0.3, 0.4) is 0 Å². The first kappa shape index (κ1) is 24.4. The van der Waals surface area contributed by atoms with E-state index >= 15 is 0 Å². The van der Waals surface area contributed by atoms with Gasteiger partial charge in [-0.15, -0.1) is 24.0 Å². The molecule has 1 atom stereocenters. The summed E-state index contributed by atoms with van der Waals surface area (Å²) in [6.07, 6.45) is 7.03. The number of rotatable bonds is 9. The van der Waals surface area contributed by atoms with Gasteiger partial charge in [0.25, 0.3) is 0 Å². The molecule has 7 nitrogen and oxygen atoms in total. The van der Waals surface area contributed by atoms with Gasteiger partial charge < -0.3 is 25.0 Å². The van der Waals surface area contributed by atoms with E-state index in [-0.39, 0.29) is 36.4 Å². The van der Waals surface area contributed by atoms with Crippen molar-refractivity contribution in [2.24, 2.45) is 10.9 Å². The number of ether oxygens (including phenoxy) is 2. The van der Waals surface area contributed by atoms with E-state index in [1.54, 1.807) is 7.11 Å². The summed E-state index contributed by atoms with van der Waals surface area (Å²) >= 11 is 0. The van der Waals surface area contributed by atoms with E-state index in [1.807, 2.05) is 0 Å². The Morgan fingerprint density at radius 3 is 2.67 bits per heavy atom. The number of carbonyl (C=O) groups excluding carboxylic acids is 1. The molecule has 2 N–H and O–H groups in total.